The molecule has 0 atom stereocenters. The average molecular weight is 416 g/mol. The van der Waals surface area contributed by atoms with Crippen molar-refractivity contribution in [2.45, 2.75) is 43.4 Å². The maximum atomic E-state index is 13.0. The number of thioether (sulfide) groups is 1. The van der Waals surface area contributed by atoms with Gasteiger partial charge in [-0.2, -0.15) is 0 Å². The lowest BCUT2D eigenvalue weighted by atomic mass is 9.49. The standard InChI is InChI=1S/C22H29N3O3S/c1-25(2)21(28)29-18-6-4-3-5-17(18)24-19(26)13-23-20(27)22-10-14-7-15(11-22)9-16(8-14)12-22/h3-6,14-16H,7-13H2,1-2H3,(H,23,27)(H,24,26). The fourth-order valence-electron chi connectivity index (χ4n) is 5.78. The number of benzene rings is 1. The van der Waals surface area contributed by atoms with Gasteiger partial charge in [0, 0.05) is 24.4 Å². The van der Waals surface area contributed by atoms with Crippen LogP contribution in [0.1, 0.15) is 38.5 Å². The van der Waals surface area contributed by atoms with E-state index in [1.165, 1.54) is 24.2 Å². The molecule has 7 heteroatoms. The summed E-state index contributed by atoms with van der Waals surface area (Å²) in [6.07, 6.45) is 6.81. The molecule has 0 aromatic heterocycles. The average Bonchev–Trinajstić information content (AvgIpc) is 2.66. The second-order valence-corrected chi connectivity index (χ2v) is 10.2. The fraction of sp³-hybridized carbons (Fsp3) is 0.591. The first kappa shape index (κ1) is 20.3. The molecule has 3 amide bonds. The Hall–Kier alpha value is -2.02. The third kappa shape index (κ3) is 4.29. The van der Waals surface area contributed by atoms with Gasteiger partial charge in [-0.1, -0.05) is 12.1 Å². The van der Waals surface area contributed by atoms with E-state index >= 15 is 0 Å². The predicted octanol–water partition coefficient (Wildman–Crippen LogP) is 3.73. The number of carbonyl (C=O) groups excluding carboxylic acids is 3. The normalized spacial score (nSPS) is 29.4. The van der Waals surface area contributed by atoms with Crippen molar-refractivity contribution in [2.75, 3.05) is 26.0 Å². The van der Waals surface area contributed by atoms with Crippen molar-refractivity contribution in [1.29, 1.82) is 0 Å². The van der Waals surface area contributed by atoms with E-state index in [1.807, 2.05) is 12.1 Å². The van der Waals surface area contributed by atoms with Crippen molar-refractivity contribution >= 4 is 34.5 Å². The maximum absolute atomic E-state index is 13.0. The van der Waals surface area contributed by atoms with Gasteiger partial charge >= 0.3 is 0 Å². The molecule has 4 fully saturated rings. The molecule has 5 rings (SSSR count). The van der Waals surface area contributed by atoms with Crippen LogP contribution in [0.3, 0.4) is 0 Å². The van der Waals surface area contributed by atoms with Gasteiger partial charge in [-0.05, 0) is 80.2 Å². The van der Waals surface area contributed by atoms with Crippen LogP contribution < -0.4 is 10.6 Å². The Morgan fingerprint density at radius 3 is 2.21 bits per heavy atom. The van der Waals surface area contributed by atoms with Crippen LogP contribution in [0.15, 0.2) is 29.2 Å². The number of nitrogens with one attached hydrogen (secondary N) is 2. The molecule has 0 saturated heterocycles. The number of para-hydroxylation sites is 1. The summed E-state index contributed by atoms with van der Waals surface area (Å²) >= 11 is 1.07. The number of anilines is 1. The molecular weight excluding hydrogens is 386 g/mol. The number of nitrogens with zero attached hydrogens (tertiary/aromatic N) is 1. The largest absolute Gasteiger partial charge is 0.347 e. The van der Waals surface area contributed by atoms with E-state index in [-0.39, 0.29) is 29.0 Å². The van der Waals surface area contributed by atoms with E-state index in [0.717, 1.165) is 31.0 Å². The molecule has 6 nitrogen and oxygen atoms in total. The Labute approximate surface area is 176 Å². The van der Waals surface area contributed by atoms with E-state index in [1.54, 1.807) is 26.2 Å². The third-order valence-electron chi connectivity index (χ3n) is 6.65. The monoisotopic (exact) mass is 415 g/mol. The van der Waals surface area contributed by atoms with Gasteiger partial charge in [0.1, 0.15) is 0 Å². The Bertz CT molecular complexity index is 788. The van der Waals surface area contributed by atoms with E-state index in [0.29, 0.717) is 28.3 Å². The minimum Gasteiger partial charge on any atom is -0.347 e. The summed E-state index contributed by atoms with van der Waals surface area (Å²) in [7, 11) is 3.38. The van der Waals surface area contributed by atoms with E-state index < -0.39 is 0 Å². The maximum Gasteiger partial charge on any atom is 0.286 e. The zero-order valence-electron chi connectivity index (χ0n) is 17.1. The van der Waals surface area contributed by atoms with E-state index in [9.17, 15) is 14.4 Å². The molecule has 0 spiro atoms. The highest BCUT2D eigenvalue weighted by molar-refractivity contribution is 8.13. The van der Waals surface area contributed by atoms with Crippen molar-refractivity contribution in [3.63, 3.8) is 0 Å². The van der Waals surface area contributed by atoms with Gasteiger partial charge in [0.2, 0.25) is 11.8 Å². The zero-order valence-corrected chi connectivity index (χ0v) is 17.9. The van der Waals surface area contributed by atoms with Gasteiger partial charge < -0.3 is 15.5 Å². The number of hydrogen-bond donors (Lipinski definition) is 2. The SMILES string of the molecule is CN(C)C(=O)Sc1ccccc1NC(=O)CNC(=O)C12CC3CC(CC(C3)C1)C2. The lowest BCUT2D eigenvalue weighted by Gasteiger charge is -2.55. The van der Waals surface area contributed by atoms with Crippen LogP contribution in [-0.4, -0.2) is 42.6 Å². The molecule has 4 saturated carbocycles. The first-order chi connectivity index (χ1) is 13.8. The molecule has 1 aromatic carbocycles. The topological polar surface area (TPSA) is 78.5 Å². The van der Waals surface area contributed by atoms with Gasteiger partial charge in [-0.25, -0.2) is 0 Å². The predicted molar refractivity (Wildman–Crippen MR) is 114 cm³/mol. The Morgan fingerprint density at radius 2 is 1.62 bits per heavy atom. The second kappa shape index (κ2) is 8.01. The third-order valence-corrected chi connectivity index (χ3v) is 7.77. The minimum absolute atomic E-state index is 0.0405. The molecular formula is C22H29N3O3S. The molecule has 1 aromatic rings. The lowest BCUT2D eigenvalue weighted by Crippen LogP contribution is -2.54. The van der Waals surface area contributed by atoms with Crippen molar-refractivity contribution in [3.05, 3.63) is 24.3 Å². The van der Waals surface area contributed by atoms with Gasteiger partial charge in [-0.15, -0.1) is 0 Å². The van der Waals surface area contributed by atoms with Crippen LogP contribution in [0, 0.1) is 23.2 Å². The molecule has 29 heavy (non-hydrogen) atoms. The summed E-state index contributed by atoms with van der Waals surface area (Å²) in [6, 6.07) is 7.21. The van der Waals surface area contributed by atoms with Gasteiger partial charge in [0.25, 0.3) is 5.24 Å². The van der Waals surface area contributed by atoms with Crippen molar-refractivity contribution in [1.82, 2.24) is 10.2 Å². The van der Waals surface area contributed by atoms with Crippen LogP contribution in [0.4, 0.5) is 10.5 Å². The molecule has 4 aliphatic rings. The molecule has 4 bridgehead atoms. The fourth-order valence-corrected chi connectivity index (χ4v) is 6.52. The summed E-state index contributed by atoms with van der Waals surface area (Å²) in [5, 5.41) is 5.63. The smallest absolute Gasteiger partial charge is 0.286 e. The first-order valence-electron chi connectivity index (χ1n) is 10.4. The summed E-state index contributed by atoms with van der Waals surface area (Å²) in [4.78, 5) is 39.7. The van der Waals surface area contributed by atoms with Crippen LogP contribution in [-0.2, 0) is 9.59 Å². The van der Waals surface area contributed by atoms with E-state index in [2.05, 4.69) is 10.6 Å². The van der Waals surface area contributed by atoms with Crippen LogP contribution in [0.25, 0.3) is 0 Å². The first-order valence-corrected chi connectivity index (χ1v) is 11.2. The highest BCUT2D eigenvalue weighted by Crippen LogP contribution is 2.60. The summed E-state index contributed by atoms with van der Waals surface area (Å²) in [6.45, 7) is -0.0405. The number of hydrogen-bond acceptors (Lipinski definition) is 4. The Balaban J connectivity index is 1.34. The second-order valence-electron chi connectivity index (χ2n) is 9.19. The van der Waals surface area contributed by atoms with Crippen molar-refractivity contribution in [2.24, 2.45) is 23.2 Å². The zero-order chi connectivity index (χ0) is 20.6. The van der Waals surface area contributed by atoms with Gasteiger partial charge in [0.15, 0.2) is 0 Å². The summed E-state index contributed by atoms with van der Waals surface area (Å²) in [5.41, 5.74) is 0.336. The number of rotatable bonds is 5. The molecule has 0 radical (unpaired) electrons. The van der Waals surface area contributed by atoms with Gasteiger partial charge in [0.05, 0.1) is 12.2 Å². The quantitative estimate of drug-likeness (QED) is 0.718. The highest BCUT2D eigenvalue weighted by Gasteiger charge is 2.54. The van der Waals surface area contributed by atoms with Crippen molar-refractivity contribution in [3.8, 4) is 0 Å². The Kier molecular flexibility index (Phi) is 5.60. The van der Waals surface area contributed by atoms with Crippen LogP contribution in [0.5, 0.6) is 0 Å². The molecule has 0 aliphatic heterocycles. The molecule has 0 heterocycles. The highest BCUT2D eigenvalue weighted by atomic mass is 32.2. The number of amides is 3. The van der Waals surface area contributed by atoms with Crippen LogP contribution in [0.2, 0.25) is 0 Å². The molecule has 4 aliphatic carbocycles. The van der Waals surface area contributed by atoms with E-state index in [4.69, 9.17) is 0 Å². The summed E-state index contributed by atoms with van der Waals surface area (Å²) in [5.74, 6) is 1.86. The van der Waals surface area contributed by atoms with Gasteiger partial charge in [-0.3, -0.25) is 14.4 Å². The Morgan fingerprint density at radius 1 is 1.03 bits per heavy atom. The molecule has 156 valence electrons. The minimum atomic E-state index is -0.270. The number of carbonyl (C=O) groups is 3. The summed E-state index contributed by atoms with van der Waals surface area (Å²) < 4.78 is 0. The lowest BCUT2D eigenvalue weighted by molar-refractivity contribution is -0.146. The van der Waals surface area contributed by atoms with Crippen molar-refractivity contribution < 1.29 is 14.4 Å². The molecule has 0 unspecified atom stereocenters. The van der Waals surface area contributed by atoms with Crippen LogP contribution >= 0.6 is 11.8 Å². The molecule has 2 N–H and O–H groups in total.